The Labute approximate surface area is 109 Å². The van der Waals surface area contributed by atoms with Crippen molar-refractivity contribution in [2.45, 2.75) is 6.42 Å². The fraction of sp³-hybridized carbons (Fsp3) is 0.231. The van der Waals surface area contributed by atoms with Gasteiger partial charge in [0.2, 0.25) is 0 Å². The summed E-state index contributed by atoms with van der Waals surface area (Å²) in [5.41, 5.74) is 1.17. The molecule has 0 radical (unpaired) electrons. The van der Waals surface area contributed by atoms with Crippen molar-refractivity contribution in [3.05, 3.63) is 47.5 Å². The number of aromatic nitrogens is 2. The van der Waals surface area contributed by atoms with E-state index in [9.17, 15) is 9.18 Å². The molecule has 0 aliphatic carbocycles. The molecule has 1 aromatic heterocycles. The van der Waals surface area contributed by atoms with Crippen LogP contribution in [0.25, 0.3) is 0 Å². The molecule has 0 saturated carbocycles. The first-order chi connectivity index (χ1) is 9.06. The fourth-order valence-corrected chi connectivity index (χ4v) is 1.73. The highest BCUT2D eigenvalue weighted by Crippen LogP contribution is 2.14. The van der Waals surface area contributed by atoms with E-state index < -0.39 is 11.8 Å². The van der Waals surface area contributed by atoms with Gasteiger partial charge < -0.3 is 10.4 Å². The summed E-state index contributed by atoms with van der Waals surface area (Å²) in [5, 5.41) is 16.0. The van der Waals surface area contributed by atoms with Gasteiger partial charge >= 0.3 is 5.97 Å². The summed E-state index contributed by atoms with van der Waals surface area (Å²) in [5.74, 6) is -2.01. The Morgan fingerprint density at radius 1 is 1.47 bits per heavy atom. The van der Waals surface area contributed by atoms with E-state index in [1.807, 2.05) is 19.3 Å². The molecular weight excluding hydrogens is 249 g/mol. The van der Waals surface area contributed by atoms with Crippen LogP contribution in [0.4, 0.5) is 10.1 Å². The molecule has 1 aromatic carbocycles. The summed E-state index contributed by atoms with van der Waals surface area (Å²) in [4.78, 5) is 10.7. The lowest BCUT2D eigenvalue weighted by molar-refractivity contribution is 0.0692. The second-order valence-corrected chi connectivity index (χ2v) is 4.16. The molecular formula is C13H14FN3O2. The molecule has 0 spiro atoms. The molecule has 6 heteroatoms. The van der Waals surface area contributed by atoms with Crippen molar-refractivity contribution < 1.29 is 14.3 Å². The van der Waals surface area contributed by atoms with Gasteiger partial charge in [-0.1, -0.05) is 0 Å². The molecule has 0 bridgehead atoms. The SMILES string of the molecule is Cn1ccc(CCNc2ccc(C(=O)O)c(F)c2)n1. The lowest BCUT2D eigenvalue weighted by atomic mass is 10.2. The summed E-state index contributed by atoms with van der Waals surface area (Å²) >= 11 is 0. The van der Waals surface area contributed by atoms with E-state index in [0.29, 0.717) is 18.7 Å². The Balaban J connectivity index is 1.93. The number of halogens is 1. The maximum atomic E-state index is 13.4. The number of rotatable bonds is 5. The molecule has 2 rings (SSSR count). The highest BCUT2D eigenvalue weighted by molar-refractivity contribution is 5.88. The van der Waals surface area contributed by atoms with Crippen molar-refractivity contribution in [3.63, 3.8) is 0 Å². The highest BCUT2D eigenvalue weighted by Gasteiger charge is 2.10. The minimum atomic E-state index is -1.27. The van der Waals surface area contributed by atoms with Gasteiger partial charge in [-0.15, -0.1) is 0 Å². The number of benzene rings is 1. The van der Waals surface area contributed by atoms with Gasteiger partial charge in [0.1, 0.15) is 5.82 Å². The van der Waals surface area contributed by atoms with Crippen LogP contribution < -0.4 is 5.32 Å². The van der Waals surface area contributed by atoms with Gasteiger partial charge in [-0.3, -0.25) is 4.68 Å². The molecule has 0 atom stereocenters. The van der Waals surface area contributed by atoms with Crippen molar-refractivity contribution in [3.8, 4) is 0 Å². The quantitative estimate of drug-likeness (QED) is 0.864. The van der Waals surface area contributed by atoms with Gasteiger partial charge in [-0.05, 0) is 24.3 Å². The fourth-order valence-electron chi connectivity index (χ4n) is 1.73. The molecule has 0 aliphatic rings. The van der Waals surface area contributed by atoms with E-state index in [-0.39, 0.29) is 5.56 Å². The maximum Gasteiger partial charge on any atom is 0.338 e. The molecule has 19 heavy (non-hydrogen) atoms. The number of anilines is 1. The number of aryl methyl sites for hydroxylation is 1. The molecule has 0 saturated heterocycles. The van der Waals surface area contributed by atoms with Gasteiger partial charge in [0.25, 0.3) is 0 Å². The van der Waals surface area contributed by atoms with E-state index in [4.69, 9.17) is 5.11 Å². The first-order valence-corrected chi connectivity index (χ1v) is 5.81. The minimum absolute atomic E-state index is 0.324. The van der Waals surface area contributed by atoms with Crippen LogP contribution in [-0.2, 0) is 13.5 Å². The molecule has 2 aromatic rings. The van der Waals surface area contributed by atoms with Crippen molar-refractivity contribution in [2.24, 2.45) is 7.05 Å². The van der Waals surface area contributed by atoms with Crippen LogP contribution in [0.3, 0.4) is 0 Å². The monoisotopic (exact) mass is 263 g/mol. The number of carboxylic acids is 1. The van der Waals surface area contributed by atoms with Crippen molar-refractivity contribution in [2.75, 3.05) is 11.9 Å². The summed E-state index contributed by atoms with van der Waals surface area (Å²) < 4.78 is 15.1. The first kappa shape index (κ1) is 13.1. The van der Waals surface area contributed by atoms with Gasteiger partial charge in [0.15, 0.2) is 0 Å². The zero-order valence-corrected chi connectivity index (χ0v) is 10.4. The first-order valence-electron chi connectivity index (χ1n) is 5.81. The van der Waals surface area contributed by atoms with Crippen LogP contribution in [0.1, 0.15) is 16.1 Å². The van der Waals surface area contributed by atoms with Crippen LogP contribution >= 0.6 is 0 Å². The van der Waals surface area contributed by atoms with E-state index in [2.05, 4.69) is 10.4 Å². The van der Waals surface area contributed by atoms with Crippen LogP contribution in [0.15, 0.2) is 30.5 Å². The van der Waals surface area contributed by atoms with Crippen LogP contribution in [-0.4, -0.2) is 27.4 Å². The molecule has 0 amide bonds. The summed E-state index contributed by atoms with van der Waals surface area (Å²) in [7, 11) is 1.84. The summed E-state index contributed by atoms with van der Waals surface area (Å²) in [6.07, 6.45) is 2.57. The predicted octanol–water partition coefficient (Wildman–Crippen LogP) is 1.91. The molecule has 1 heterocycles. The number of nitrogens with one attached hydrogen (secondary N) is 1. The largest absolute Gasteiger partial charge is 0.478 e. The smallest absolute Gasteiger partial charge is 0.338 e. The normalized spacial score (nSPS) is 10.4. The Morgan fingerprint density at radius 3 is 2.84 bits per heavy atom. The summed E-state index contributed by atoms with van der Waals surface area (Å²) in [6.45, 7) is 0.600. The standard InChI is InChI=1S/C13H14FN3O2/c1-17-7-5-9(16-17)4-6-15-10-2-3-11(13(18)19)12(14)8-10/h2-3,5,7-8,15H,4,6H2,1H3,(H,18,19). The number of aromatic carboxylic acids is 1. The van der Waals surface area contributed by atoms with Crippen molar-refractivity contribution in [1.29, 1.82) is 0 Å². The number of carboxylic acid groups (broad SMARTS) is 1. The topological polar surface area (TPSA) is 67.2 Å². The zero-order chi connectivity index (χ0) is 13.8. The van der Waals surface area contributed by atoms with Crippen molar-refractivity contribution in [1.82, 2.24) is 9.78 Å². The lowest BCUT2D eigenvalue weighted by Crippen LogP contribution is -2.07. The second kappa shape index (κ2) is 5.51. The second-order valence-electron chi connectivity index (χ2n) is 4.16. The average Bonchev–Trinajstić information content (AvgIpc) is 2.75. The van der Waals surface area contributed by atoms with E-state index >= 15 is 0 Å². The van der Waals surface area contributed by atoms with Gasteiger partial charge in [-0.2, -0.15) is 5.10 Å². The Kier molecular flexibility index (Phi) is 3.79. The molecule has 5 nitrogen and oxygen atoms in total. The number of hydrogen-bond acceptors (Lipinski definition) is 3. The third-order valence-electron chi connectivity index (χ3n) is 2.68. The molecule has 0 aliphatic heterocycles. The molecule has 2 N–H and O–H groups in total. The Hall–Kier alpha value is -2.37. The minimum Gasteiger partial charge on any atom is -0.478 e. The summed E-state index contributed by atoms with van der Waals surface area (Å²) in [6, 6.07) is 5.89. The van der Waals surface area contributed by atoms with Crippen LogP contribution in [0.5, 0.6) is 0 Å². The van der Waals surface area contributed by atoms with E-state index in [0.717, 1.165) is 5.69 Å². The van der Waals surface area contributed by atoms with E-state index in [1.54, 1.807) is 10.7 Å². The maximum absolute atomic E-state index is 13.4. The Morgan fingerprint density at radius 2 is 2.26 bits per heavy atom. The Bertz CT molecular complexity index is 595. The predicted molar refractivity (Wildman–Crippen MR) is 68.8 cm³/mol. The van der Waals surface area contributed by atoms with Gasteiger partial charge in [-0.25, -0.2) is 9.18 Å². The van der Waals surface area contributed by atoms with E-state index in [1.165, 1.54) is 12.1 Å². The molecule has 0 fully saturated rings. The molecule has 0 unspecified atom stereocenters. The third kappa shape index (κ3) is 3.31. The van der Waals surface area contributed by atoms with Crippen LogP contribution in [0, 0.1) is 5.82 Å². The number of hydrogen-bond donors (Lipinski definition) is 2. The number of carbonyl (C=O) groups is 1. The van der Waals surface area contributed by atoms with Crippen molar-refractivity contribution >= 4 is 11.7 Å². The molecule has 100 valence electrons. The zero-order valence-electron chi connectivity index (χ0n) is 10.4. The van der Waals surface area contributed by atoms with Gasteiger partial charge in [0, 0.05) is 31.9 Å². The van der Waals surface area contributed by atoms with Crippen LogP contribution in [0.2, 0.25) is 0 Å². The lowest BCUT2D eigenvalue weighted by Gasteiger charge is -2.06. The van der Waals surface area contributed by atoms with Gasteiger partial charge in [0.05, 0.1) is 11.3 Å². The average molecular weight is 263 g/mol. The highest BCUT2D eigenvalue weighted by atomic mass is 19.1. The number of nitrogens with zero attached hydrogens (tertiary/aromatic N) is 2. The third-order valence-corrected chi connectivity index (χ3v) is 2.68.